The molecule has 2 aromatic rings. The van der Waals surface area contributed by atoms with Crippen molar-refractivity contribution in [2.45, 2.75) is 45.4 Å². The molecule has 94 valence electrons. The number of nitrogens with zero attached hydrogens (tertiary/aromatic N) is 1. The van der Waals surface area contributed by atoms with Crippen LogP contribution in [0.25, 0.3) is 11.3 Å². The number of benzene rings is 1. The van der Waals surface area contributed by atoms with Gasteiger partial charge in [-0.15, -0.1) is 11.3 Å². The van der Waals surface area contributed by atoms with Gasteiger partial charge in [-0.3, -0.25) is 0 Å². The summed E-state index contributed by atoms with van der Waals surface area (Å²) in [7, 11) is 0. The van der Waals surface area contributed by atoms with Crippen LogP contribution in [0, 0.1) is 6.92 Å². The molecule has 3 rings (SSSR count). The van der Waals surface area contributed by atoms with E-state index in [1.807, 2.05) is 0 Å². The zero-order valence-corrected chi connectivity index (χ0v) is 12.1. The van der Waals surface area contributed by atoms with E-state index in [1.54, 1.807) is 11.3 Å². The molecule has 0 fully saturated rings. The molecule has 0 aliphatic heterocycles. The van der Waals surface area contributed by atoms with Crippen molar-refractivity contribution in [3.05, 3.63) is 39.7 Å². The highest BCUT2D eigenvalue weighted by atomic mass is 32.1. The van der Waals surface area contributed by atoms with E-state index in [2.05, 4.69) is 49.3 Å². The molecule has 1 aromatic carbocycles. The van der Waals surface area contributed by atoms with Crippen LogP contribution >= 0.6 is 11.3 Å². The molecule has 0 atom stereocenters. The first-order valence-corrected chi connectivity index (χ1v) is 7.50. The molecular weight excluding hydrogens is 238 g/mol. The zero-order valence-electron chi connectivity index (χ0n) is 11.3. The average Bonchev–Trinajstić information content (AvgIpc) is 2.75. The van der Waals surface area contributed by atoms with Gasteiger partial charge < -0.3 is 0 Å². The summed E-state index contributed by atoms with van der Waals surface area (Å²) in [6.45, 7) is 6.79. The highest BCUT2D eigenvalue weighted by Gasteiger charge is 2.27. The smallest absolute Gasteiger partial charge is 0.0901 e. The lowest BCUT2D eigenvalue weighted by Gasteiger charge is -2.32. The molecule has 0 spiro atoms. The summed E-state index contributed by atoms with van der Waals surface area (Å²) >= 11 is 1.73. The van der Waals surface area contributed by atoms with Crippen LogP contribution in [0.1, 0.15) is 42.8 Å². The third-order valence-electron chi connectivity index (χ3n) is 4.00. The Hall–Kier alpha value is -1.15. The van der Waals surface area contributed by atoms with Crippen LogP contribution in [0.3, 0.4) is 0 Å². The van der Waals surface area contributed by atoms with E-state index in [9.17, 15) is 0 Å². The van der Waals surface area contributed by atoms with Crippen molar-refractivity contribution in [2.24, 2.45) is 0 Å². The maximum absolute atomic E-state index is 4.60. The van der Waals surface area contributed by atoms with E-state index in [1.165, 1.54) is 36.0 Å². The highest BCUT2D eigenvalue weighted by molar-refractivity contribution is 7.09. The Balaban J connectivity index is 2.10. The number of thiazole rings is 1. The fraction of sp³-hybridized carbons (Fsp3) is 0.438. The Morgan fingerprint density at radius 2 is 2.11 bits per heavy atom. The SMILES string of the molecule is Cc1nc(-c2ccc3c(c2)C(C)(C)CCC3)cs1. The van der Waals surface area contributed by atoms with Gasteiger partial charge in [0.25, 0.3) is 0 Å². The van der Waals surface area contributed by atoms with Crippen LogP contribution in [0.15, 0.2) is 23.6 Å². The van der Waals surface area contributed by atoms with Crippen LogP contribution in [-0.2, 0) is 11.8 Å². The lowest BCUT2D eigenvalue weighted by molar-refractivity contribution is 0.432. The fourth-order valence-corrected chi connectivity index (χ4v) is 3.56. The lowest BCUT2D eigenvalue weighted by Crippen LogP contribution is -2.23. The minimum Gasteiger partial charge on any atom is -0.242 e. The molecule has 2 heteroatoms. The van der Waals surface area contributed by atoms with Gasteiger partial charge >= 0.3 is 0 Å². The summed E-state index contributed by atoms with van der Waals surface area (Å²) in [5.74, 6) is 0. The quantitative estimate of drug-likeness (QED) is 0.719. The predicted octanol–water partition coefficient (Wildman–Crippen LogP) is 4.73. The van der Waals surface area contributed by atoms with Crippen molar-refractivity contribution in [2.75, 3.05) is 0 Å². The number of rotatable bonds is 1. The van der Waals surface area contributed by atoms with E-state index >= 15 is 0 Å². The second-order valence-electron chi connectivity index (χ2n) is 5.86. The molecule has 1 nitrogen and oxygen atoms in total. The number of fused-ring (bicyclic) bond motifs is 1. The number of hydrogen-bond acceptors (Lipinski definition) is 2. The second-order valence-corrected chi connectivity index (χ2v) is 6.92. The van der Waals surface area contributed by atoms with Crippen LogP contribution in [0.5, 0.6) is 0 Å². The first-order valence-electron chi connectivity index (χ1n) is 6.62. The van der Waals surface area contributed by atoms with Crippen molar-refractivity contribution < 1.29 is 0 Å². The summed E-state index contributed by atoms with van der Waals surface area (Å²) in [5, 5.41) is 3.30. The predicted molar refractivity (Wildman–Crippen MR) is 78.3 cm³/mol. The third kappa shape index (κ3) is 1.99. The molecule has 0 saturated carbocycles. The molecule has 0 radical (unpaired) electrons. The summed E-state index contributed by atoms with van der Waals surface area (Å²) in [6.07, 6.45) is 3.84. The van der Waals surface area contributed by atoms with Crippen molar-refractivity contribution >= 4 is 11.3 Å². The summed E-state index contributed by atoms with van der Waals surface area (Å²) in [4.78, 5) is 4.60. The van der Waals surface area contributed by atoms with E-state index in [0.29, 0.717) is 5.41 Å². The largest absolute Gasteiger partial charge is 0.242 e. The van der Waals surface area contributed by atoms with Gasteiger partial charge in [-0.05, 0) is 48.8 Å². The Kier molecular flexibility index (Phi) is 2.78. The van der Waals surface area contributed by atoms with Crippen LogP contribution in [-0.4, -0.2) is 4.98 Å². The first kappa shape index (κ1) is 11.9. The van der Waals surface area contributed by atoms with Crippen LogP contribution in [0.2, 0.25) is 0 Å². The summed E-state index contributed by atoms with van der Waals surface area (Å²) in [6, 6.07) is 6.90. The van der Waals surface area contributed by atoms with Gasteiger partial charge in [0.15, 0.2) is 0 Å². The Morgan fingerprint density at radius 3 is 2.83 bits per heavy atom. The van der Waals surface area contributed by atoms with Gasteiger partial charge in [0, 0.05) is 10.9 Å². The van der Waals surface area contributed by atoms with E-state index in [-0.39, 0.29) is 0 Å². The maximum atomic E-state index is 4.60. The van der Waals surface area contributed by atoms with Gasteiger partial charge in [0.1, 0.15) is 0 Å². The lowest BCUT2D eigenvalue weighted by atomic mass is 9.72. The Bertz CT molecular complexity index is 581. The fourth-order valence-electron chi connectivity index (χ4n) is 2.94. The minimum absolute atomic E-state index is 0.314. The van der Waals surface area contributed by atoms with Gasteiger partial charge in [0.2, 0.25) is 0 Å². The molecule has 1 aliphatic carbocycles. The van der Waals surface area contributed by atoms with E-state index in [4.69, 9.17) is 0 Å². The molecule has 1 aliphatic rings. The zero-order chi connectivity index (χ0) is 12.8. The van der Waals surface area contributed by atoms with Gasteiger partial charge in [0.05, 0.1) is 10.7 Å². The standard InChI is InChI=1S/C16H19NS/c1-11-17-15(10-18-11)13-7-6-12-5-4-8-16(2,3)14(12)9-13/h6-7,9-10H,4-5,8H2,1-3H3. The summed E-state index contributed by atoms with van der Waals surface area (Å²) in [5.41, 5.74) is 5.77. The number of hydrogen-bond donors (Lipinski definition) is 0. The minimum atomic E-state index is 0.314. The molecule has 0 unspecified atom stereocenters. The van der Waals surface area contributed by atoms with Crippen LogP contribution < -0.4 is 0 Å². The number of aryl methyl sites for hydroxylation is 2. The van der Waals surface area contributed by atoms with Gasteiger partial charge in [-0.25, -0.2) is 4.98 Å². The molecule has 0 amide bonds. The Labute approximate surface area is 113 Å². The third-order valence-corrected chi connectivity index (χ3v) is 4.78. The molecule has 0 bridgehead atoms. The van der Waals surface area contributed by atoms with Crippen LogP contribution in [0.4, 0.5) is 0 Å². The van der Waals surface area contributed by atoms with Crippen molar-refractivity contribution in [1.82, 2.24) is 4.98 Å². The normalized spacial score (nSPS) is 17.5. The second kappa shape index (κ2) is 4.20. The molecule has 18 heavy (non-hydrogen) atoms. The molecular formula is C16H19NS. The molecule has 0 saturated heterocycles. The monoisotopic (exact) mass is 257 g/mol. The number of aromatic nitrogens is 1. The van der Waals surface area contributed by atoms with Gasteiger partial charge in [-0.1, -0.05) is 26.0 Å². The molecule has 1 heterocycles. The molecule has 1 aromatic heterocycles. The average molecular weight is 257 g/mol. The van der Waals surface area contributed by atoms with Crippen molar-refractivity contribution in [3.8, 4) is 11.3 Å². The maximum Gasteiger partial charge on any atom is 0.0901 e. The highest BCUT2D eigenvalue weighted by Crippen LogP contribution is 2.38. The van der Waals surface area contributed by atoms with E-state index in [0.717, 1.165) is 10.7 Å². The summed E-state index contributed by atoms with van der Waals surface area (Å²) < 4.78 is 0. The topological polar surface area (TPSA) is 12.9 Å². The van der Waals surface area contributed by atoms with E-state index < -0.39 is 0 Å². The molecule has 0 N–H and O–H groups in total. The Morgan fingerprint density at radius 1 is 1.28 bits per heavy atom. The first-order chi connectivity index (χ1) is 8.56. The van der Waals surface area contributed by atoms with Crippen molar-refractivity contribution in [3.63, 3.8) is 0 Å². The van der Waals surface area contributed by atoms with Gasteiger partial charge in [-0.2, -0.15) is 0 Å². The van der Waals surface area contributed by atoms with Crippen molar-refractivity contribution in [1.29, 1.82) is 0 Å².